The molecule has 1 aliphatic rings. The molecule has 0 bridgehead atoms. The molecule has 34 heavy (non-hydrogen) atoms. The van der Waals surface area contributed by atoms with Crippen LogP contribution in [0.5, 0.6) is 0 Å². The quantitative estimate of drug-likeness (QED) is 0.385. The van der Waals surface area contributed by atoms with Gasteiger partial charge in [0.1, 0.15) is 5.60 Å². The normalized spacial score (nSPS) is 15.1. The summed E-state index contributed by atoms with van der Waals surface area (Å²) in [6, 6.07) is 21.5. The molecular weight excluding hydrogens is 428 g/mol. The second kappa shape index (κ2) is 8.80. The third kappa shape index (κ3) is 3.74. The van der Waals surface area contributed by atoms with Crippen molar-refractivity contribution in [3.05, 3.63) is 99.3 Å². The molecule has 0 spiro atoms. The van der Waals surface area contributed by atoms with E-state index in [-0.39, 0.29) is 18.6 Å². The lowest BCUT2D eigenvalue weighted by Gasteiger charge is -2.32. The molecule has 174 valence electrons. The first-order valence-corrected chi connectivity index (χ1v) is 11.6. The van der Waals surface area contributed by atoms with Crippen LogP contribution in [0.2, 0.25) is 0 Å². The van der Waals surface area contributed by atoms with Gasteiger partial charge in [-0.2, -0.15) is 0 Å². The van der Waals surface area contributed by atoms with Crippen molar-refractivity contribution >= 4 is 10.9 Å². The van der Waals surface area contributed by atoms with Crippen molar-refractivity contribution in [1.29, 1.82) is 0 Å². The number of ether oxygens (including phenoxy) is 1. The van der Waals surface area contributed by atoms with Crippen LogP contribution in [-0.4, -0.2) is 25.9 Å². The van der Waals surface area contributed by atoms with Gasteiger partial charge in [0, 0.05) is 16.5 Å². The Morgan fingerprint density at radius 3 is 2.56 bits per heavy atom. The molecule has 6 heteroatoms. The van der Waals surface area contributed by atoms with E-state index < -0.39 is 11.7 Å². The molecule has 5 rings (SSSR count). The fourth-order valence-corrected chi connectivity index (χ4v) is 4.80. The highest BCUT2D eigenvalue weighted by Gasteiger charge is 2.38. The van der Waals surface area contributed by atoms with Crippen molar-refractivity contribution in [2.45, 2.75) is 51.7 Å². The number of aliphatic hydroxyl groups is 2. The van der Waals surface area contributed by atoms with E-state index in [9.17, 15) is 15.0 Å². The van der Waals surface area contributed by atoms with E-state index in [0.29, 0.717) is 30.0 Å². The van der Waals surface area contributed by atoms with Crippen LogP contribution in [0.3, 0.4) is 0 Å². The Morgan fingerprint density at radius 2 is 1.82 bits per heavy atom. The van der Waals surface area contributed by atoms with Gasteiger partial charge in [0.15, 0.2) is 0 Å². The summed E-state index contributed by atoms with van der Waals surface area (Å²) in [6.07, 6.45) is -0.824. The van der Waals surface area contributed by atoms with E-state index in [1.807, 2.05) is 60.7 Å². The molecule has 0 aliphatic carbocycles. The summed E-state index contributed by atoms with van der Waals surface area (Å²) in [5.74, 6) is 0. The molecule has 3 heterocycles. The lowest BCUT2D eigenvalue weighted by atomic mass is 9.83. The van der Waals surface area contributed by atoms with Crippen molar-refractivity contribution in [2.24, 2.45) is 0 Å². The third-order valence-corrected chi connectivity index (χ3v) is 6.83. The zero-order valence-corrected chi connectivity index (χ0v) is 19.4. The SMILES string of the molecule is CCC(O)(c1cc2n(c(=O)c1COCc1ccccc1)Cc1cc3ccccc3nc1-2)C(C)O. The Morgan fingerprint density at radius 1 is 1.09 bits per heavy atom. The summed E-state index contributed by atoms with van der Waals surface area (Å²) in [6.45, 7) is 4.12. The Kier molecular flexibility index (Phi) is 5.81. The maximum absolute atomic E-state index is 13.7. The number of pyridine rings is 2. The average molecular weight is 457 g/mol. The fourth-order valence-electron chi connectivity index (χ4n) is 4.80. The second-order valence-corrected chi connectivity index (χ2v) is 8.93. The number of nitrogens with zero attached hydrogens (tertiary/aromatic N) is 2. The zero-order valence-electron chi connectivity index (χ0n) is 19.4. The van der Waals surface area contributed by atoms with Gasteiger partial charge in [-0.15, -0.1) is 0 Å². The summed E-state index contributed by atoms with van der Waals surface area (Å²) in [4.78, 5) is 18.6. The highest BCUT2D eigenvalue weighted by Crippen LogP contribution is 2.37. The number of aromatic nitrogens is 2. The van der Waals surface area contributed by atoms with Gasteiger partial charge in [-0.25, -0.2) is 4.98 Å². The van der Waals surface area contributed by atoms with Gasteiger partial charge in [-0.3, -0.25) is 4.79 Å². The fraction of sp³-hybridized carbons (Fsp3) is 0.286. The number of fused-ring (bicyclic) bond motifs is 4. The summed E-state index contributed by atoms with van der Waals surface area (Å²) in [5.41, 5.74) is 3.14. The minimum atomic E-state index is -1.58. The van der Waals surface area contributed by atoms with Crippen molar-refractivity contribution in [3.8, 4) is 11.4 Å². The topological polar surface area (TPSA) is 84.6 Å². The number of hydrogen-bond donors (Lipinski definition) is 2. The minimum absolute atomic E-state index is 0.0319. The molecule has 0 saturated heterocycles. The molecule has 6 nitrogen and oxygen atoms in total. The smallest absolute Gasteiger partial charge is 0.257 e. The van der Waals surface area contributed by atoms with Gasteiger partial charge in [0.25, 0.3) is 5.56 Å². The molecule has 2 aromatic carbocycles. The molecule has 0 radical (unpaired) electrons. The Labute approximate surface area is 198 Å². The van der Waals surface area contributed by atoms with Crippen LogP contribution < -0.4 is 5.56 Å². The van der Waals surface area contributed by atoms with Crippen LogP contribution in [0.4, 0.5) is 0 Å². The van der Waals surface area contributed by atoms with Gasteiger partial charge in [0.05, 0.1) is 42.8 Å². The van der Waals surface area contributed by atoms with Gasteiger partial charge in [-0.1, -0.05) is 55.5 Å². The van der Waals surface area contributed by atoms with Crippen molar-refractivity contribution in [2.75, 3.05) is 0 Å². The Balaban J connectivity index is 1.62. The monoisotopic (exact) mass is 456 g/mol. The van der Waals surface area contributed by atoms with Gasteiger partial charge < -0.3 is 19.5 Å². The predicted molar refractivity (Wildman–Crippen MR) is 131 cm³/mol. The van der Waals surface area contributed by atoms with E-state index in [2.05, 4.69) is 6.07 Å². The third-order valence-electron chi connectivity index (χ3n) is 6.83. The first-order valence-electron chi connectivity index (χ1n) is 11.6. The summed E-state index contributed by atoms with van der Waals surface area (Å²) >= 11 is 0. The highest BCUT2D eigenvalue weighted by atomic mass is 16.5. The summed E-state index contributed by atoms with van der Waals surface area (Å²) in [7, 11) is 0. The van der Waals surface area contributed by atoms with Gasteiger partial charge in [0.2, 0.25) is 0 Å². The van der Waals surface area contributed by atoms with E-state index in [1.54, 1.807) is 18.4 Å². The van der Waals surface area contributed by atoms with Crippen LogP contribution in [0.25, 0.3) is 22.3 Å². The van der Waals surface area contributed by atoms with Crippen molar-refractivity contribution in [3.63, 3.8) is 0 Å². The number of para-hydroxylation sites is 1. The van der Waals surface area contributed by atoms with Crippen molar-refractivity contribution in [1.82, 2.24) is 9.55 Å². The van der Waals surface area contributed by atoms with Crippen LogP contribution in [0.1, 0.15) is 42.5 Å². The van der Waals surface area contributed by atoms with E-state index in [1.165, 1.54) is 0 Å². The average Bonchev–Trinajstić information content (AvgIpc) is 3.21. The summed E-state index contributed by atoms with van der Waals surface area (Å²) in [5, 5.41) is 23.0. The van der Waals surface area contributed by atoms with Crippen LogP contribution in [0.15, 0.2) is 71.5 Å². The first kappa shape index (κ1) is 22.5. The molecule has 4 aromatic rings. The highest BCUT2D eigenvalue weighted by molar-refractivity contribution is 5.84. The number of aliphatic hydroxyl groups excluding tert-OH is 1. The Bertz CT molecular complexity index is 1410. The molecule has 0 amide bonds. The lowest BCUT2D eigenvalue weighted by molar-refractivity contribution is -0.0757. The van der Waals surface area contributed by atoms with Crippen LogP contribution >= 0.6 is 0 Å². The van der Waals surface area contributed by atoms with Gasteiger partial charge >= 0.3 is 0 Å². The number of rotatable bonds is 7. The van der Waals surface area contributed by atoms with Crippen LogP contribution in [0, 0.1) is 0 Å². The zero-order chi connectivity index (χ0) is 23.9. The largest absolute Gasteiger partial charge is 0.390 e. The van der Waals surface area contributed by atoms with E-state index in [4.69, 9.17) is 9.72 Å². The molecule has 2 atom stereocenters. The molecule has 2 aromatic heterocycles. The number of hydrogen-bond acceptors (Lipinski definition) is 5. The summed E-state index contributed by atoms with van der Waals surface area (Å²) < 4.78 is 7.62. The maximum atomic E-state index is 13.7. The second-order valence-electron chi connectivity index (χ2n) is 8.93. The first-order chi connectivity index (χ1) is 16.4. The molecule has 2 N–H and O–H groups in total. The lowest BCUT2D eigenvalue weighted by Crippen LogP contribution is -2.40. The molecule has 1 aliphatic heterocycles. The minimum Gasteiger partial charge on any atom is -0.390 e. The van der Waals surface area contributed by atoms with E-state index >= 15 is 0 Å². The molecule has 2 unspecified atom stereocenters. The van der Waals surface area contributed by atoms with Gasteiger partial charge in [-0.05, 0) is 42.7 Å². The maximum Gasteiger partial charge on any atom is 0.257 e. The number of benzene rings is 2. The predicted octanol–water partition coefficient (Wildman–Crippen LogP) is 4.12. The standard InChI is InChI=1S/C28H28N2O4/c1-3-28(33,18(2)31)23-14-25-26-21(13-20-11-7-8-12-24(20)29-26)15-30(25)27(32)22(23)17-34-16-19-9-5-4-6-10-19/h4-14,18,31,33H,3,15-17H2,1-2H3. The Hall–Kier alpha value is -3.32. The molecule has 0 fully saturated rings. The van der Waals surface area contributed by atoms with Crippen molar-refractivity contribution < 1.29 is 14.9 Å². The van der Waals surface area contributed by atoms with E-state index in [0.717, 1.165) is 27.7 Å². The van der Waals surface area contributed by atoms with Crippen LogP contribution in [-0.2, 0) is 30.1 Å². The molecule has 0 saturated carbocycles. The molecular formula is C28H28N2O4.